The Bertz CT molecular complexity index is 780. The van der Waals surface area contributed by atoms with Crippen LogP contribution >= 0.6 is 11.6 Å². The van der Waals surface area contributed by atoms with Crippen molar-refractivity contribution in [3.63, 3.8) is 0 Å². The summed E-state index contributed by atoms with van der Waals surface area (Å²) in [5.41, 5.74) is 1.46. The Hall–Kier alpha value is -2.33. The normalized spacial score (nSPS) is 10.8. The van der Waals surface area contributed by atoms with Crippen LogP contribution in [0.2, 0.25) is 5.02 Å². The monoisotopic (exact) mass is 272 g/mol. The number of hydrogen-bond donors (Lipinski definition) is 1. The molecule has 19 heavy (non-hydrogen) atoms. The maximum Gasteiger partial charge on any atom is 0.337 e. The van der Waals surface area contributed by atoms with E-state index in [9.17, 15) is 9.90 Å². The number of halogens is 1. The van der Waals surface area contributed by atoms with Crippen molar-refractivity contribution in [1.82, 2.24) is 9.78 Å². The lowest BCUT2D eigenvalue weighted by molar-refractivity contribution is 0.0697. The van der Waals surface area contributed by atoms with E-state index in [2.05, 4.69) is 5.10 Å². The molecule has 0 aliphatic carbocycles. The van der Waals surface area contributed by atoms with Gasteiger partial charge in [0.25, 0.3) is 0 Å². The second-order valence-corrected chi connectivity index (χ2v) is 4.52. The quantitative estimate of drug-likeness (QED) is 0.778. The van der Waals surface area contributed by atoms with E-state index in [1.165, 1.54) is 6.07 Å². The van der Waals surface area contributed by atoms with Crippen LogP contribution in [0.15, 0.2) is 48.7 Å². The molecule has 0 aliphatic rings. The van der Waals surface area contributed by atoms with E-state index >= 15 is 0 Å². The molecule has 1 N–H and O–H groups in total. The zero-order valence-corrected chi connectivity index (χ0v) is 10.5. The molecule has 3 aromatic rings. The number of benzene rings is 2. The molecule has 0 atom stereocenters. The van der Waals surface area contributed by atoms with Crippen molar-refractivity contribution < 1.29 is 9.90 Å². The van der Waals surface area contributed by atoms with E-state index in [1.807, 2.05) is 24.3 Å². The standard InChI is InChI=1S/C14H9ClN2O2/c15-10-5-6-11(14(18)19)13(7-10)17-12-4-2-1-3-9(12)8-16-17/h1-8H,(H,18,19). The lowest BCUT2D eigenvalue weighted by atomic mass is 10.1. The van der Waals surface area contributed by atoms with Crippen LogP contribution in [-0.4, -0.2) is 20.9 Å². The predicted octanol–water partition coefficient (Wildman–Crippen LogP) is 3.38. The van der Waals surface area contributed by atoms with Crippen LogP contribution in [0.5, 0.6) is 0 Å². The molecule has 0 saturated heterocycles. The Morgan fingerprint density at radius 2 is 2.00 bits per heavy atom. The van der Waals surface area contributed by atoms with Crippen LogP contribution in [0.1, 0.15) is 10.4 Å². The van der Waals surface area contributed by atoms with Gasteiger partial charge >= 0.3 is 5.97 Å². The van der Waals surface area contributed by atoms with Gasteiger partial charge in [0.1, 0.15) is 0 Å². The van der Waals surface area contributed by atoms with Crippen LogP contribution in [0, 0.1) is 0 Å². The highest BCUT2D eigenvalue weighted by Gasteiger charge is 2.14. The van der Waals surface area contributed by atoms with Gasteiger partial charge in [0, 0.05) is 10.4 Å². The topological polar surface area (TPSA) is 55.1 Å². The molecule has 0 unspecified atom stereocenters. The van der Waals surface area contributed by atoms with Crippen LogP contribution in [-0.2, 0) is 0 Å². The molecule has 1 heterocycles. The summed E-state index contributed by atoms with van der Waals surface area (Å²) in [6.07, 6.45) is 1.70. The van der Waals surface area contributed by atoms with E-state index in [4.69, 9.17) is 11.6 Å². The number of carbonyl (C=O) groups is 1. The molecule has 5 heteroatoms. The molecule has 3 rings (SSSR count). The Labute approximate surface area is 113 Å². The summed E-state index contributed by atoms with van der Waals surface area (Å²) in [5, 5.41) is 14.9. The molecule has 4 nitrogen and oxygen atoms in total. The molecule has 0 amide bonds. The van der Waals surface area contributed by atoms with Crippen LogP contribution < -0.4 is 0 Å². The number of aromatic carboxylic acids is 1. The SMILES string of the molecule is O=C(O)c1ccc(Cl)cc1-n1ncc2ccccc21. The van der Waals surface area contributed by atoms with Crippen molar-refractivity contribution in [3.8, 4) is 5.69 Å². The van der Waals surface area contributed by atoms with E-state index in [0.29, 0.717) is 10.7 Å². The van der Waals surface area contributed by atoms with Gasteiger partial charge in [0.05, 0.1) is 23.0 Å². The number of aromatic nitrogens is 2. The molecule has 0 bridgehead atoms. The van der Waals surface area contributed by atoms with E-state index in [0.717, 1.165) is 10.9 Å². The minimum Gasteiger partial charge on any atom is -0.478 e. The number of carboxylic acid groups (broad SMARTS) is 1. The lowest BCUT2D eigenvalue weighted by Gasteiger charge is -2.08. The Morgan fingerprint density at radius 3 is 2.79 bits per heavy atom. The van der Waals surface area contributed by atoms with Crippen molar-refractivity contribution in [2.45, 2.75) is 0 Å². The maximum absolute atomic E-state index is 11.3. The van der Waals surface area contributed by atoms with E-state index in [-0.39, 0.29) is 5.56 Å². The molecule has 94 valence electrons. The smallest absolute Gasteiger partial charge is 0.337 e. The summed E-state index contributed by atoms with van der Waals surface area (Å²) in [4.78, 5) is 11.3. The molecule has 0 aliphatic heterocycles. The van der Waals surface area contributed by atoms with Gasteiger partial charge in [-0.25, -0.2) is 9.48 Å². The lowest BCUT2D eigenvalue weighted by Crippen LogP contribution is -2.06. The summed E-state index contributed by atoms with van der Waals surface area (Å²) in [7, 11) is 0. The minimum atomic E-state index is -1.01. The van der Waals surface area contributed by atoms with Gasteiger partial charge in [0.15, 0.2) is 0 Å². The predicted molar refractivity (Wildman–Crippen MR) is 73.0 cm³/mol. The first-order valence-electron chi connectivity index (χ1n) is 5.63. The van der Waals surface area contributed by atoms with Crippen molar-refractivity contribution in [3.05, 3.63) is 59.2 Å². The third-order valence-corrected chi connectivity index (χ3v) is 3.13. The summed E-state index contributed by atoms with van der Waals surface area (Å²) in [6.45, 7) is 0. The second kappa shape index (κ2) is 4.40. The zero-order chi connectivity index (χ0) is 13.4. The number of para-hydroxylation sites is 1. The summed E-state index contributed by atoms with van der Waals surface area (Å²) in [6, 6.07) is 12.2. The van der Waals surface area contributed by atoms with Gasteiger partial charge in [-0.2, -0.15) is 5.10 Å². The largest absolute Gasteiger partial charge is 0.478 e. The minimum absolute atomic E-state index is 0.165. The highest BCUT2D eigenvalue weighted by Crippen LogP contribution is 2.24. The Balaban J connectivity index is 2.32. The number of carboxylic acids is 1. The molecule has 0 fully saturated rings. The second-order valence-electron chi connectivity index (χ2n) is 4.08. The van der Waals surface area contributed by atoms with Gasteiger partial charge in [-0.1, -0.05) is 29.8 Å². The van der Waals surface area contributed by atoms with Gasteiger partial charge in [-0.3, -0.25) is 0 Å². The molecule has 2 aromatic carbocycles. The number of rotatable bonds is 2. The highest BCUT2D eigenvalue weighted by molar-refractivity contribution is 6.31. The third kappa shape index (κ3) is 1.96. The van der Waals surface area contributed by atoms with E-state index < -0.39 is 5.97 Å². The van der Waals surface area contributed by atoms with Crippen molar-refractivity contribution >= 4 is 28.5 Å². The summed E-state index contributed by atoms with van der Waals surface area (Å²) >= 11 is 5.96. The Kier molecular flexibility index (Phi) is 2.72. The molecule has 0 saturated carbocycles. The van der Waals surface area contributed by atoms with Gasteiger partial charge < -0.3 is 5.11 Å². The van der Waals surface area contributed by atoms with Crippen molar-refractivity contribution in [1.29, 1.82) is 0 Å². The van der Waals surface area contributed by atoms with Crippen LogP contribution in [0.25, 0.3) is 16.6 Å². The van der Waals surface area contributed by atoms with Gasteiger partial charge in [-0.05, 0) is 24.3 Å². The van der Waals surface area contributed by atoms with E-state index in [1.54, 1.807) is 23.0 Å². The fourth-order valence-corrected chi connectivity index (χ4v) is 2.19. The van der Waals surface area contributed by atoms with Crippen LogP contribution in [0.4, 0.5) is 0 Å². The zero-order valence-electron chi connectivity index (χ0n) is 9.75. The first-order valence-corrected chi connectivity index (χ1v) is 6.00. The number of nitrogens with zero attached hydrogens (tertiary/aromatic N) is 2. The first kappa shape index (κ1) is 11.7. The third-order valence-electron chi connectivity index (χ3n) is 2.90. The van der Waals surface area contributed by atoms with Gasteiger partial charge in [0.2, 0.25) is 0 Å². The molecule has 0 radical (unpaired) electrons. The maximum atomic E-state index is 11.3. The fraction of sp³-hybridized carbons (Fsp3) is 0. The average Bonchev–Trinajstić information content (AvgIpc) is 2.82. The molecular formula is C14H9ClN2O2. The average molecular weight is 273 g/mol. The molecule has 1 aromatic heterocycles. The molecular weight excluding hydrogens is 264 g/mol. The Morgan fingerprint density at radius 1 is 1.21 bits per heavy atom. The fourth-order valence-electron chi connectivity index (χ4n) is 2.02. The number of hydrogen-bond acceptors (Lipinski definition) is 2. The van der Waals surface area contributed by atoms with Crippen molar-refractivity contribution in [2.75, 3.05) is 0 Å². The van der Waals surface area contributed by atoms with Crippen LogP contribution in [0.3, 0.4) is 0 Å². The summed E-state index contributed by atoms with van der Waals surface area (Å²) in [5.74, 6) is -1.01. The number of fused-ring (bicyclic) bond motifs is 1. The highest BCUT2D eigenvalue weighted by atomic mass is 35.5. The molecule has 0 spiro atoms. The van der Waals surface area contributed by atoms with Crippen molar-refractivity contribution in [2.24, 2.45) is 0 Å². The first-order chi connectivity index (χ1) is 9.16. The van der Waals surface area contributed by atoms with Gasteiger partial charge in [-0.15, -0.1) is 0 Å². The summed E-state index contributed by atoms with van der Waals surface area (Å²) < 4.78 is 1.59.